The number of halogens is 1. The van der Waals surface area contributed by atoms with E-state index in [1.54, 1.807) is 12.3 Å². The Labute approximate surface area is 129 Å². The molecule has 1 aromatic carbocycles. The van der Waals surface area contributed by atoms with Crippen LogP contribution >= 0.6 is 11.7 Å². The van der Waals surface area contributed by atoms with E-state index in [-0.39, 0.29) is 5.82 Å². The molecular formula is C16H21FN2OS. The number of hydrogen-bond acceptors (Lipinski definition) is 4. The summed E-state index contributed by atoms with van der Waals surface area (Å²) in [6.07, 6.45) is 8.74. The van der Waals surface area contributed by atoms with Crippen molar-refractivity contribution in [2.75, 3.05) is 6.61 Å². The molecule has 0 saturated heterocycles. The second-order valence-electron chi connectivity index (χ2n) is 5.03. The van der Waals surface area contributed by atoms with Crippen molar-refractivity contribution >= 4 is 11.7 Å². The van der Waals surface area contributed by atoms with Crippen LogP contribution in [0.5, 0.6) is 5.75 Å². The average molecular weight is 308 g/mol. The van der Waals surface area contributed by atoms with Crippen molar-refractivity contribution < 1.29 is 9.13 Å². The molecule has 0 amide bonds. The molecule has 0 saturated carbocycles. The molecule has 2 aromatic rings. The van der Waals surface area contributed by atoms with Crippen molar-refractivity contribution in [2.45, 2.75) is 45.4 Å². The number of ether oxygens (including phenoxy) is 1. The Morgan fingerprint density at radius 1 is 1.14 bits per heavy atom. The minimum Gasteiger partial charge on any atom is -0.490 e. The molecule has 3 nitrogen and oxygen atoms in total. The van der Waals surface area contributed by atoms with Gasteiger partial charge >= 0.3 is 0 Å². The lowest BCUT2D eigenvalue weighted by Gasteiger charge is -2.11. The summed E-state index contributed by atoms with van der Waals surface area (Å²) in [6.45, 7) is 2.74. The molecule has 5 heteroatoms. The van der Waals surface area contributed by atoms with Crippen LogP contribution in [0.1, 0.15) is 45.4 Å². The van der Waals surface area contributed by atoms with Crippen LogP contribution < -0.4 is 4.74 Å². The highest BCUT2D eigenvalue weighted by Gasteiger charge is 2.13. The highest BCUT2D eigenvalue weighted by molar-refractivity contribution is 6.99. The van der Waals surface area contributed by atoms with E-state index in [4.69, 9.17) is 4.74 Å². The lowest BCUT2D eigenvalue weighted by atomic mass is 10.1. The highest BCUT2D eigenvalue weighted by atomic mass is 32.1. The van der Waals surface area contributed by atoms with Gasteiger partial charge in [-0.15, -0.1) is 0 Å². The molecule has 0 atom stereocenters. The van der Waals surface area contributed by atoms with E-state index >= 15 is 0 Å². The molecule has 0 aliphatic carbocycles. The van der Waals surface area contributed by atoms with Crippen molar-refractivity contribution in [1.82, 2.24) is 8.75 Å². The normalized spacial score (nSPS) is 10.8. The largest absolute Gasteiger partial charge is 0.490 e. The van der Waals surface area contributed by atoms with Crippen molar-refractivity contribution in [3.05, 3.63) is 30.2 Å². The first-order valence-corrected chi connectivity index (χ1v) is 8.25. The van der Waals surface area contributed by atoms with Gasteiger partial charge in [0.2, 0.25) is 0 Å². The number of hydrogen-bond donors (Lipinski definition) is 0. The lowest BCUT2D eigenvalue weighted by molar-refractivity contribution is 0.291. The molecule has 0 fully saturated rings. The number of rotatable bonds is 9. The first-order valence-electron chi connectivity index (χ1n) is 7.52. The quantitative estimate of drug-likeness (QED) is 0.606. The fourth-order valence-corrected chi connectivity index (χ4v) is 2.62. The van der Waals surface area contributed by atoms with Crippen molar-refractivity contribution in [3.63, 3.8) is 0 Å². The molecular weight excluding hydrogens is 287 g/mol. The Hall–Kier alpha value is -1.49. The van der Waals surface area contributed by atoms with Gasteiger partial charge in [-0.3, -0.25) is 0 Å². The summed E-state index contributed by atoms with van der Waals surface area (Å²) in [6, 6.07) is 4.90. The molecule has 0 aliphatic rings. The predicted octanol–water partition coefficient (Wildman–Crippen LogP) is 5.08. The summed E-state index contributed by atoms with van der Waals surface area (Å²) in [7, 11) is 0. The number of benzene rings is 1. The second kappa shape index (κ2) is 8.72. The van der Waals surface area contributed by atoms with Gasteiger partial charge < -0.3 is 4.74 Å². The van der Waals surface area contributed by atoms with E-state index in [1.165, 1.54) is 31.7 Å². The summed E-state index contributed by atoms with van der Waals surface area (Å²) in [5.74, 6) is -0.0507. The molecule has 1 aromatic heterocycles. The summed E-state index contributed by atoms with van der Waals surface area (Å²) >= 11 is 1.11. The van der Waals surface area contributed by atoms with Crippen LogP contribution in [0.3, 0.4) is 0 Å². The van der Waals surface area contributed by atoms with Gasteiger partial charge in [0, 0.05) is 5.56 Å². The van der Waals surface area contributed by atoms with Gasteiger partial charge in [0.1, 0.15) is 5.69 Å². The Morgan fingerprint density at radius 3 is 2.71 bits per heavy atom. The second-order valence-corrected chi connectivity index (χ2v) is 5.58. The maximum atomic E-state index is 13.9. The molecule has 0 unspecified atom stereocenters. The Morgan fingerprint density at radius 2 is 1.95 bits per heavy atom. The molecule has 2 rings (SSSR count). The Kier molecular flexibility index (Phi) is 6.60. The van der Waals surface area contributed by atoms with Crippen LogP contribution in [0, 0.1) is 5.82 Å². The zero-order valence-corrected chi connectivity index (χ0v) is 13.2. The van der Waals surface area contributed by atoms with Gasteiger partial charge in [0.05, 0.1) is 24.5 Å². The van der Waals surface area contributed by atoms with Crippen molar-refractivity contribution in [3.8, 4) is 17.0 Å². The molecule has 0 radical (unpaired) electrons. The topological polar surface area (TPSA) is 35.0 Å². The highest BCUT2D eigenvalue weighted by Crippen LogP contribution is 2.31. The van der Waals surface area contributed by atoms with E-state index in [0.29, 0.717) is 23.6 Å². The summed E-state index contributed by atoms with van der Waals surface area (Å²) in [4.78, 5) is 0. The van der Waals surface area contributed by atoms with Gasteiger partial charge in [-0.05, 0) is 18.6 Å². The molecule has 0 N–H and O–H groups in total. The number of nitrogens with zero attached hydrogens (tertiary/aromatic N) is 2. The lowest BCUT2D eigenvalue weighted by Crippen LogP contribution is -2.01. The Bertz CT molecular complexity index is 531. The van der Waals surface area contributed by atoms with Crippen LogP contribution in [0.15, 0.2) is 24.4 Å². The fraction of sp³-hybridized carbons (Fsp3) is 0.500. The number of aromatic nitrogens is 2. The fourth-order valence-electron chi connectivity index (χ4n) is 2.20. The van der Waals surface area contributed by atoms with Gasteiger partial charge in [0.15, 0.2) is 11.6 Å². The van der Waals surface area contributed by atoms with Crippen molar-refractivity contribution in [2.24, 2.45) is 0 Å². The van der Waals surface area contributed by atoms with E-state index < -0.39 is 0 Å². The minimum absolute atomic E-state index is 0.291. The van der Waals surface area contributed by atoms with Crippen LogP contribution in [-0.4, -0.2) is 15.4 Å². The van der Waals surface area contributed by atoms with Crippen LogP contribution in [-0.2, 0) is 0 Å². The third-order valence-corrected chi connectivity index (χ3v) is 3.83. The predicted molar refractivity (Wildman–Crippen MR) is 84.2 cm³/mol. The molecule has 0 spiro atoms. The summed E-state index contributed by atoms with van der Waals surface area (Å²) in [5.41, 5.74) is 1.34. The maximum absolute atomic E-state index is 13.9. The monoisotopic (exact) mass is 308 g/mol. The van der Waals surface area contributed by atoms with E-state index in [1.807, 2.05) is 6.07 Å². The smallest absolute Gasteiger partial charge is 0.165 e. The van der Waals surface area contributed by atoms with E-state index in [2.05, 4.69) is 15.7 Å². The minimum atomic E-state index is -0.341. The summed E-state index contributed by atoms with van der Waals surface area (Å²) in [5, 5.41) is 0. The third kappa shape index (κ3) is 4.77. The molecule has 0 bridgehead atoms. The van der Waals surface area contributed by atoms with Gasteiger partial charge in [0.25, 0.3) is 0 Å². The van der Waals surface area contributed by atoms with Gasteiger partial charge in [-0.1, -0.05) is 45.1 Å². The van der Waals surface area contributed by atoms with Crippen LogP contribution in [0.2, 0.25) is 0 Å². The zero-order valence-electron chi connectivity index (χ0n) is 12.3. The molecule has 1 heterocycles. The maximum Gasteiger partial charge on any atom is 0.165 e. The SMILES string of the molecule is CCCCCCCCOc1c(F)cccc1-c1cnsn1. The number of para-hydroxylation sites is 1. The standard InChI is InChI=1S/C16H21FN2OS/c1-2-3-4-5-6-7-11-20-16-13(9-8-10-14(16)17)15-12-18-21-19-15/h8-10,12H,2-7,11H2,1H3. The van der Waals surface area contributed by atoms with Crippen LogP contribution in [0.4, 0.5) is 4.39 Å². The van der Waals surface area contributed by atoms with E-state index in [9.17, 15) is 4.39 Å². The van der Waals surface area contributed by atoms with Gasteiger partial charge in [-0.2, -0.15) is 8.75 Å². The van der Waals surface area contributed by atoms with Gasteiger partial charge in [-0.25, -0.2) is 4.39 Å². The van der Waals surface area contributed by atoms with E-state index in [0.717, 1.165) is 24.6 Å². The van der Waals surface area contributed by atoms with Crippen molar-refractivity contribution in [1.29, 1.82) is 0 Å². The summed E-state index contributed by atoms with van der Waals surface area (Å²) < 4.78 is 27.7. The number of unbranched alkanes of at least 4 members (excludes halogenated alkanes) is 5. The molecule has 0 aliphatic heterocycles. The van der Waals surface area contributed by atoms with Crippen LogP contribution in [0.25, 0.3) is 11.3 Å². The average Bonchev–Trinajstić information content (AvgIpc) is 3.01. The molecule has 114 valence electrons. The first kappa shape index (κ1) is 15.9. The molecule has 21 heavy (non-hydrogen) atoms. The zero-order chi connectivity index (χ0) is 14.9. The first-order chi connectivity index (χ1) is 10.3. The Balaban J connectivity index is 1.88. The third-order valence-electron chi connectivity index (χ3n) is 3.35.